The molecule has 0 aliphatic carbocycles. The highest BCUT2D eigenvalue weighted by atomic mass is 15.2. The average Bonchev–Trinajstić information content (AvgIpc) is 2.74. The summed E-state index contributed by atoms with van der Waals surface area (Å²) >= 11 is 0. The van der Waals surface area contributed by atoms with Crippen LogP contribution in [0.3, 0.4) is 0 Å². The summed E-state index contributed by atoms with van der Waals surface area (Å²) in [6, 6.07) is 0. The molecule has 1 aliphatic heterocycles. The summed E-state index contributed by atoms with van der Waals surface area (Å²) in [6.45, 7) is 25.6. The van der Waals surface area contributed by atoms with Crippen LogP contribution in [0, 0.1) is 22.2 Å². The first-order valence-electron chi connectivity index (χ1n) is 9.08. The van der Waals surface area contributed by atoms with Crippen molar-refractivity contribution < 1.29 is 0 Å². The zero-order valence-corrected chi connectivity index (χ0v) is 16.6. The van der Waals surface area contributed by atoms with Crippen LogP contribution in [0.2, 0.25) is 13.1 Å². The van der Waals surface area contributed by atoms with Crippen LogP contribution < -0.4 is 0 Å². The first-order valence-corrected chi connectivity index (χ1v) is 9.08. The summed E-state index contributed by atoms with van der Waals surface area (Å²) in [5.41, 5.74) is 2.44. The Morgan fingerprint density at radius 1 is 1.09 bits per heavy atom. The largest absolute Gasteiger partial charge is 0.375 e. The topological polar surface area (TPSA) is 3.24 Å². The standard InChI is InChI=1S/C20H39BN/c1-16(12-18(2,3)4)22-11-10-17(14-22)13-19(5,6)20(7,8)15-21-9/h17H,1,10-15H2,2-9H3. The van der Waals surface area contributed by atoms with Gasteiger partial charge in [-0.3, -0.25) is 0 Å². The summed E-state index contributed by atoms with van der Waals surface area (Å²) in [6.07, 6.45) is 4.97. The van der Waals surface area contributed by atoms with Gasteiger partial charge in [0.05, 0.1) is 0 Å². The number of rotatable bonds is 7. The number of hydrogen-bond acceptors (Lipinski definition) is 1. The fraction of sp³-hybridized carbons (Fsp3) is 0.900. The molecule has 0 saturated carbocycles. The Kier molecular flexibility index (Phi) is 6.26. The first kappa shape index (κ1) is 19.7. The summed E-state index contributed by atoms with van der Waals surface area (Å²) < 4.78 is 0. The van der Waals surface area contributed by atoms with Crippen LogP contribution in [0.25, 0.3) is 0 Å². The lowest BCUT2D eigenvalue weighted by Crippen LogP contribution is -2.35. The molecule has 1 fully saturated rings. The molecular formula is C20H39BN. The third kappa shape index (κ3) is 5.35. The molecule has 22 heavy (non-hydrogen) atoms. The maximum absolute atomic E-state index is 4.35. The van der Waals surface area contributed by atoms with Crippen LogP contribution in [0.1, 0.15) is 67.7 Å². The maximum atomic E-state index is 4.35. The number of likely N-dealkylation sites (tertiary alicyclic amines) is 1. The molecule has 1 unspecified atom stereocenters. The second kappa shape index (κ2) is 7.01. The molecule has 0 N–H and O–H groups in total. The van der Waals surface area contributed by atoms with E-state index < -0.39 is 0 Å². The van der Waals surface area contributed by atoms with Gasteiger partial charge in [0.1, 0.15) is 7.28 Å². The van der Waals surface area contributed by atoms with Crippen molar-refractivity contribution in [1.82, 2.24) is 4.90 Å². The van der Waals surface area contributed by atoms with E-state index in [-0.39, 0.29) is 0 Å². The third-order valence-electron chi connectivity index (χ3n) is 5.81. The molecule has 1 heterocycles. The minimum Gasteiger partial charge on any atom is -0.375 e. The Balaban J connectivity index is 2.58. The first-order chi connectivity index (χ1) is 9.88. The molecule has 1 saturated heterocycles. The predicted octanol–water partition coefficient (Wildman–Crippen LogP) is 5.87. The number of nitrogens with zero attached hydrogens (tertiary/aromatic N) is 1. The Hall–Kier alpha value is -0.395. The van der Waals surface area contributed by atoms with E-state index in [1.165, 1.54) is 37.9 Å². The summed E-state index contributed by atoms with van der Waals surface area (Å²) in [5, 5.41) is 0. The van der Waals surface area contributed by atoms with E-state index in [0.29, 0.717) is 16.2 Å². The molecule has 0 aromatic heterocycles. The highest BCUT2D eigenvalue weighted by Gasteiger charge is 2.39. The SMILES string of the molecule is C=C(CC(C)(C)C)N1CCC(CC(C)(C)C(C)(C)C[B]C)C1. The Bertz CT molecular complexity index is 376. The minimum atomic E-state index is 0.341. The lowest BCUT2D eigenvalue weighted by molar-refractivity contribution is 0.0969. The van der Waals surface area contributed by atoms with Crippen LogP contribution in [-0.4, -0.2) is 25.3 Å². The van der Waals surface area contributed by atoms with Crippen LogP contribution in [0.5, 0.6) is 0 Å². The lowest BCUT2D eigenvalue weighted by atomic mass is 9.54. The van der Waals surface area contributed by atoms with E-state index in [2.05, 4.69) is 74.0 Å². The van der Waals surface area contributed by atoms with Crippen LogP contribution in [-0.2, 0) is 0 Å². The van der Waals surface area contributed by atoms with Gasteiger partial charge in [-0.05, 0) is 41.4 Å². The highest BCUT2D eigenvalue weighted by Crippen LogP contribution is 2.47. The zero-order valence-electron chi connectivity index (χ0n) is 16.6. The van der Waals surface area contributed by atoms with Gasteiger partial charge in [0.15, 0.2) is 0 Å². The molecule has 0 amide bonds. The van der Waals surface area contributed by atoms with Gasteiger partial charge in [0, 0.05) is 18.8 Å². The zero-order chi connectivity index (χ0) is 17.2. The average molecular weight is 304 g/mol. The number of hydrogen-bond donors (Lipinski definition) is 0. The van der Waals surface area contributed by atoms with E-state index in [9.17, 15) is 0 Å². The molecule has 1 radical (unpaired) electrons. The Morgan fingerprint density at radius 3 is 2.18 bits per heavy atom. The van der Waals surface area contributed by atoms with Gasteiger partial charge < -0.3 is 4.90 Å². The molecule has 2 heteroatoms. The molecule has 0 bridgehead atoms. The Morgan fingerprint density at radius 2 is 1.68 bits per heavy atom. The van der Waals surface area contributed by atoms with Gasteiger partial charge >= 0.3 is 0 Å². The van der Waals surface area contributed by atoms with Crippen molar-refractivity contribution in [1.29, 1.82) is 0 Å². The minimum absolute atomic E-state index is 0.341. The fourth-order valence-corrected chi connectivity index (χ4v) is 3.80. The van der Waals surface area contributed by atoms with Gasteiger partial charge in [-0.15, -0.1) is 0 Å². The van der Waals surface area contributed by atoms with Gasteiger partial charge in [-0.25, -0.2) is 0 Å². The van der Waals surface area contributed by atoms with Gasteiger partial charge in [0.25, 0.3) is 0 Å². The van der Waals surface area contributed by atoms with E-state index >= 15 is 0 Å². The van der Waals surface area contributed by atoms with Crippen LogP contribution in [0.4, 0.5) is 0 Å². The molecular weight excluding hydrogens is 265 g/mol. The van der Waals surface area contributed by atoms with Gasteiger partial charge in [-0.1, -0.05) is 68.2 Å². The van der Waals surface area contributed by atoms with E-state index in [0.717, 1.165) is 12.3 Å². The summed E-state index contributed by atoms with van der Waals surface area (Å²) in [7, 11) is 2.33. The van der Waals surface area contributed by atoms with E-state index in [1.54, 1.807) is 0 Å². The summed E-state index contributed by atoms with van der Waals surface area (Å²) in [5.74, 6) is 0.822. The monoisotopic (exact) mass is 304 g/mol. The quantitative estimate of drug-likeness (QED) is 0.531. The molecule has 127 valence electrons. The van der Waals surface area contributed by atoms with Crippen molar-refractivity contribution >= 4 is 7.28 Å². The van der Waals surface area contributed by atoms with Crippen LogP contribution >= 0.6 is 0 Å². The van der Waals surface area contributed by atoms with Gasteiger partial charge in [0.2, 0.25) is 0 Å². The Labute approximate surface area is 141 Å². The second-order valence-corrected chi connectivity index (χ2v) is 9.99. The predicted molar refractivity (Wildman–Crippen MR) is 101 cm³/mol. The van der Waals surface area contributed by atoms with Crippen molar-refractivity contribution in [3.63, 3.8) is 0 Å². The molecule has 0 spiro atoms. The van der Waals surface area contributed by atoms with Gasteiger partial charge in [-0.2, -0.15) is 0 Å². The molecule has 1 nitrogen and oxygen atoms in total. The van der Waals surface area contributed by atoms with E-state index in [4.69, 9.17) is 0 Å². The second-order valence-electron chi connectivity index (χ2n) is 9.99. The molecule has 1 rings (SSSR count). The third-order valence-corrected chi connectivity index (χ3v) is 5.81. The maximum Gasteiger partial charge on any atom is 0.106 e. The van der Waals surface area contributed by atoms with Crippen molar-refractivity contribution in [2.45, 2.75) is 80.9 Å². The van der Waals surface area contributed by atoms with Crippen molar-refractivity contribution in [3.05, 3.63) is 12.3 Å². The molecule has 1 aliphatic rings. The fourth-order valence-electron chi connectivity index (χ4n) is 3.80. The van der Waals surface area contributed by atoms with E-state index in [1.807, 2.05) is 0 Å². The van der Waals surface area contributed by atoms with Crippen LogP contribution in [0.15, 0.2) is 12.3 Å². The van der Waals surface area contributed by atoms with Crippen molar-refractivity contribution in [3.8, 4) is 0 Å². The van der Waals surface area contributed by atoms with Crippen molar-refractivity contribution in [2.24, 2.45) is 22.2 Å². The lowest BCUT2D eigenvalue weighted by Gasteiger charge is -2.43. The molecule has 1 atom stereocenters. The smallest absolute Gasteiger partial charge is 0.106 e. The number of allylic oxidation sites excluding steroid dienone is 1. The molecule has 0 aromatic carbocycles. The normalized spacial score (nSPS) is 20.4. The highest BCUT2D eigenvalue weighted by molar-refractivity contribution is 6.33. The molecule has 0 aromatic rings. The van der Waals surface area contributed by atoms with Crippen molar-refractivity contribution in [2.75, 3.05) is 13.1 Å². The summed E-state index contributed by atoms with van der Waals surface area (Å²) in [4.78, 5) is 2.55.